The minimum absolute atomic E-state index is 0.653. The van der Waals surface area contributed by atoms with Gasteiger partial charge in [0.05, 0.1) is 16.7 Å². The predicted molar refractivity (Wildman–Crippen MR) is 251 cm³/mol. The highest BCUT2D eigenvalue weighted by Crippen LogP contribution is 2.45. The lowest BCUT2D eigenvalue weighted by molar-refractivity contribution is 1.08. The average molecular weight is 787 g/mol. The van der Waals surface area contributed by atoms with Crippen LogP contribution in [0.4, 0.5) is 0 Å². The molecule has 0 spiro atoms. The van der Waals surface area contributed by atoms with Crippen molar-refractivity contribution in [3.05, 3.63) is 182 Å². The van der Waals surface area contributed by atoms with E-state index in [1.54, 1.807) is 11.3 Å². The lowest BCUT2D eigenvalue weighted by atomic mass is 10.0. The van der Waals surface area contributed by atoms with Gasteiger partial charge >= 0.3 is 0 Å². The smallest absolute Gasteiger partial charge is 0.165 e. The Balaban J connectivity index is 1.08. The Hall–Kier alpha value is -7.25. The molecular formula is C53H30N4S2. The largest absolute Gasteiger partial charge is 0.309 e. The van der Waals surface area contributed by atoms with Gasteiger partial charge in [-0.15, -0.1) is 22.7 Å². The Morgan fingerprint density at radius 2 is 0.949 bits per heavy atom. The number of nitrogens with zero attached hydrogens (tertiary/aromatic N) is 4. The molecule has 0 amide bonds. The third-order valence-electron chi connectivity index (χ3n) is 11.8. The van der Waals surface area contributed by atoms with E-state index in [1.165, 1.54) is 73.6 Å². The number of thiophene rings is 2. The molecule has 0 aliphatic heterocycles. The fraction of sp³-hybridized carbons (Fsp3) is 0. The van der Waals surface area contributed by atoms with E-state index in [0.717, 1.165) is 32.5 Å². The summed E-state index contributed by atoms with van der Waals surface area (Å²) in [4.78, 5) is 15.9. The summed E-state index contributed by atoms with van der Waals surface area (Å²) < 4.78 is 7.32. The van der Waals surface area contributed by atoms with E-state index in [1.807, 2.05) is 11.3 Å². The van der Waals surface area contributed by atoms with Gasteiger partial charge in [-0.1, -0.05) is 127 Å². The number of rotatable bonds is 4. The zero-order valence-electron chi connectivity index (χ0n) is 31.4. The van der Waals surface area contributed by atoms with Gasteiger partial charge in [-0.2, -0.15) is 0 Å². The molecule has 0 aliphatic carbocycles. The molecule has 4 aromatic heterocycles. The molecule has 13 aromatic rings. The second-order valence-electron chi connectivity index (χ2n) is 15.2. The highest BCUT2D eigenvalue weighted by molar-refractivity contribution is 7.26. The van der Waals surface area contributed by atoms with Crippen molar-refractivity contribution in [2.45, 2.75) is 0 Å². The van der Waals surface area contributed by atoms with E-state index in [-0.39, 0.29) is 0 Å². The zero-order chi connectivity index (χ0) is 38.6. The molecule has 4 nitrogen and oxygen atoms in total. The minimum Gasteiger partial charge on any atom is -0.309 e. The molecule has 0 saturated carbocycles. The van der Waals surface area contributed by atoms with E-state index in [9.17, 15) is 0 Å². The molecule has 0 saturated heterocycles. The van der Waals surface area contributed by atoms with Gasteiger partial charge in [-0.05, 0) is 76.1 Å². The van der Waals surface area contributed by atoms with Crippen LogP contribution in [0, 0.1) is 0 Å². The number of benzene rings is 9. The van der Waals surface area contributed by atoms with Gasteiger partial charge in [0.1, 0.15) is 0 Å². The topological polar surface area (TPSA) is 43.6 Å². The van der Waals surface area contributed by atoms with Crippen LogP contribution in [-0.2, 0) is 0 Å². The molecule has 6 heteroatoms. The highest BCUT2D eigenvalue weighted by Gasteiger charge is 2.22. The number of hydrogen-bond donors (Lipinski definition) is 0. The summed E-state index contributed by atoms with van der Waals surface area (Å²) in [7, 11) is 0. The van der Waals surface area contributed by atoms with Gasteiger partial charge in [0.25, 0.3) is 0 Å². The SMILES string of the molecule is c1ccc2cc(-c3nc(-c4ccc5c(c4)sc4ccccc45)nc(-c4ccc(-n5c6ccccc6c6cc7ccccc7cc65)c5c4sc4ccccc45)n3)ccc2c1. The molecule has 59 heavy (non-hydrogen) atoms. The predicted octanol–water partition coefficient (Wildman–Crippen LogP) is 15.0. The van der Waals surface area contributed by atoms with E-state index in [0.29, 0.717) is 17.5 Å². The quantitative estimate of drug-likeness (QED) is 0.178. The Labute approximate surface area is 345 Å². The zero-order valence-corrected chi connectivity index (χ0v) is 33.1. The molecule has 0 unspecified atom stereocenters. The van der Waals surface area contributed by atoms with Gasteiger partial charge in [0.15, 0.2) is 17.5 Å². The van der Waals surface area contributed by atoms with E-state index < -0.39 is 0 Å². The molecule has 0 aliphatic rings. The van der Waals surface area contributed by atoms with Gasteiger partial charge in [0.2, 0.25) is 0 Å². The number of fused-ring (bicyclic) bond motifs is 11. The summed E-state index contributed by atoms with van der Waals surface area (Å²) in [6, 6.07) is 65.6. The van der Waals surface area contributed by atoms with Crippen molar-refractivity contribution in [3.63, 3.8) is 0 Å². The van der Waals surface area contributed by atoms with Crippen LogP contribution in [0.2, 0.25) is 0 Å². The molecule has 4 heterocycles. The van der Waals surface area contributed by atoms with Crippen LogP contribution in [-0.4, -0.2) is 19.5 Å². The first kappa shape index (κ1) is 32.8. The standard InChI is InChI=1S/C53H30N4S2/c1-2-12-32-27-35(22-21-31(32)11-1)51-54-52(36-23-24-39-38-16-6-9-19-46(38)58-48(39)30-36)56-53(55-51)41-25-26-44(49-40-17-7-10-20-47(40)59-50(41)49)57-43-18-8-5-15-37(43)42-28-33-13-3-4-14-34(33)29-45(42)57/h1-30H. The molecule has 274 valence electrons. The van der Waals surface area contributed by atoms with E-state index >= 15 is 0 Å². The van der Waals surface area contributed by atoms with Crippen LogP contribution in [0.5, 0.6) is 0 Å². The number of hydrogen-bond acceptors (Lipinski definition) is 5. The second kappa shape index (κ2) is 12.6. The summed E-state index contributed by atoms with van der Waals surface area (Å²) in [5, 5.41) is 12.2. The lowest BCUT2D eigenvalue weighted by Crippen LogP contribution is -2.01. The van der Waals surface area contributed by atoms with Crippen LogP contribution in [0.15, 0.2) is 182 Å². The van der Waals surface area contributed by atoms with E-state index in [4.69, 9.17) is 15.0 Å². The molecule has 0 fully saturated rings. The van der Waals surface area contributed by atoms with Crippen molar-refractivity contribution in [2.75, 3.05) is 0 Å². The minimum atomic E-state index is 0.653. The maximum absolute atomic E-state index is 5.35. The molecule has 0 bridgehead atoms. The van der Waals surface area contributed by atoms with E-state index in [2.05, 4.69) is 187 Å². The third kappa shape index (κ3) is 5.04. The molecular weight excluding hydrogens is 757 g/mol. The highest BCUT2D eigenvalue weighted by atomic mass is 32.1. The Morgan fingerprint density at radius 3 is 1.76 bits per heavy atom. The van der Waals surface area contributed by atoms with Crippen molar-refractivity contribution >= 4 is 106 Å². The summed E-state index contributed by atoms with van der Waals surface area (Å²) in [5.74, 6) is 1.97. The Kier molecular flexibility index (Phi) is 7.02. The first-order valence-corrected chi connectivity index (χ1v) is 21.4. The molecule has 9 aromatic carbocycles. The van der Waals surface area contributed by atoms with Gasteiger partial charge in [0, 0.05) is 67.8 Å². The lowest BCUT2D eigenvalue weighted by Gasteiger charge is -2.14. The van der Waals surface area contributed by atoms with Gasteiger partial charge in [-0.3, -0.25) is 0 Å². The van der Waals surface area contributed by atoms with Crippen LogP contribution >= 0.6 is 22.7 Å². The molecule has 0 N–H and O–H groups in total. The van der Waals surface area contributed by atoms with Gasteiger partial charge in [-0.25, -0.2) is 15.0 Å². The van der Waals surface area contributed by atoms with Crippen LogP contribution < -0.4 is 0 Å². The van der Waals surface area contributed by atoms with Crippen molar-refractivity contribution in [1.29, 1.82) is 0 Å². The fourth-order valence-corrected chi connectivity index (χ4v) is 11.4. The van der Waals surface area contributed by atoms with Crippen LogP contribution in [0.1, 0.15) is 0 Å². The normalized spacial score (nSPS) is 12.1. The van der Waals surface area contributed by atoms with Crippen molar-refractivity contribution in [3.8, 4) is 39.9 Å². The Morgan fingerprint density at radius 1 is 0.356 bits per heavy atom. The summed E-state index contributed by atoms with van der Waals surface area (Å²) >= 11 is 3.61. The average Bonchev–Trinajstić information content (AvgIpc) is 3.97. The molecule has 13 rings (SSSR count). The van der Waals surface area contributed by atoms with Gasteiger partial charge < -0.3 is 4.57 Å². The third-order valence-corrected chi connectivity index (χ3v) is 14.1. The summed E-state index contributed by atoms with van der Waals surface area (Å²) in [6.45, 7) is 0. The number of aromatic nitrogens is 4. The summed E-state index contributed by atoms with van der Waals surface area (Å²) in [5.41, 5.74) is 6.42. The maximum atomic E-state index is 5.35. The monoisotopic (exact) mass is 786 g/mol. The molecule has 0 radical (unpaired) electrons. The Bertz CT molecular complexity index is 3870. The van der Waals surface area contributed by atoms with Crippen LogP contribution in [0.3, 0.4) is 0 Å². The first-order valence-electron chi connectivity index (χ1n) is 19.8. The number of para-hydroxylation sites is 1. The van der Waals surface area contributed by atoms with Crippen LogP contribution in [0.25, 0.3) is 124 Å². The fourth-order valence-electron chi connectivity index (χ4n) is 9.04. The van der Waals surface area contributed by atoms with Crippen molar-refractivity contribution in [2.24, 2.45) is 0 Å². The van der Waals surface area contributed by atoms with Crippen molar-refractivity contribution < 1.29 is 0 Å². The summed E-state index contributed by atoms with van der Waals surface area (Å²) in [6.07, 6.45) is 0. The van der Waals surface area contributed by atoms with Crippen molar-refractivity contribution in [1.82, 2.24) is 19.5 Å². The second-order valence-corrected chi connectivity index (χ2v) is 17.3. The molecule has 0 atom stereocenters. The maximum Gasteiger partial charge on any atom is 0.165 e. The first-order chi connectivity index (χ1) is 29.2.